The Morgan fingerprint density at radius 1 is 0.500 bits per heavy atom. The van der Waals surface area contributed by atoms with Crippen LogP contribution in [0.4, 0.5) is 0 Å². The molecule has 0 aromatic carbocycles. The van der Waals surface area contributed by atoms with Crippen LogP contribution in [0.2, 0.25) is 118 Å². The highest BCUT2D eigenvalue weighted by atomic mass is 31.2. The first kappa shape index (κ1) is 43.1. The van der Waals surface area contributed by atoms with E-state index >= 15 is 0 Å². The average molecular weight is 743 g/mol. The fourth-order valence-corrected chi connectivity index (χ4v) is 18.5. The Morgan fingerprint density at radius 2 is 0.810 bits per heavy atom. The van der Waals surface area contributed by atoms with Crippen molar-refractivity contribution in [3.05, 3.63) is 0 Å². The van der Waals surface area contributed by atoms with Gasteiger partial charge in [-0.15, -0.1) is 0 Å². The minimum Gasteiger partial charge on any atom is -0.409 e. The zero-order chi connectivity index (χ0) is 33.8. The van der Waals surface area contributed by atoms with Gasteiger partial charge in [0.1, 0.15) is 18.8 Å². The zero-order valence-corrected chi connectivity index (χ0v) is 37.2. The second kappa shape index (κ2) is 15.3. The van der Waals surface area contributed by atoms with Crippen molar-refractivity contribution in [1.82, 2.24) is 0 Å². The van der Waals surface area contributed by atoms with Gasteiger partial charge in [0.2, 0.25) is 0 Å². The molecule has 252 valence electrons. The average Bonchev–Trinajstić information content (AvgIpc) is 2.60. The van der Waals surface area contributed by atoms with Crippen LogP contribution in [0.5, 0.6) is 0 Å². The molecule has 42 heavy (non-hydrogen) atoms. The number of ketones is 1. The molecule has 0 aliphatic rings. The smallest absolute Gasteiger partial charge is 0.409 e. The molecule has 0 saturated carbocycles. The quantitative estimate of drug-likeness (QED) is 0.0879. The van der Waals surface area contributed by atoms with Crippen LogP contribution < -0.4 is 0 Å². The van der Waals surface area contributed by atoms with Crippen molar-refractivity contribution in [2.75, 3.05) is 13.2 Å². The molecule has 0 saturated heterocycles. The van der Waals surface area contributed by atoms with E-state index in [1.54, 1.807) is 0 Å². The highest BCUT2D eigenvalue weighted by Gasteiger charge is 2.44. The summed E-state index contributed by atoms with van der Waals surface area (Å²) in [5.74, 6) is -0.505. The molecule has 2 atom stereocenters. The number of phosphoric acid groups is 2. The van der Waals surface area contributed by atoms with Gasteiger partial charge in [0.25, 0.3) is 0 Å². The van der Waals surface area contributed by atoms with Gasteiger partial charge in [-0.1, -0.05) is 0 Å². The Labute approximate surface area is 262 Å². The van der Waals surface area contributed by atoms with E-state index in [2.05, 4.69) is 0 Å². The van der Waals surface area contributed by atoms with Gasteiger partial charge in [0.05, 0.1) is 6.61 Å². The fraction of sp³-hybridized carbons (Fsp3) is 0.957. The van der Waals surface area contributed by atoms with Crippen molar-refractivity contribution in [2.45, 2.75) is 130 Å². The lowest BCUT2D eigenvalue weighted by molar-refractivity contribution is -0.134. The van der Waals surface area contributed by atoms with E-state index in [4.69, 9.17) is 34.8 Å². The van der Waals surface area contributed by atoms with Gasteiger partial charge >= 0.3 is 15.6 Å². The third kappa shape index (κ3) is 21.8. The van der Waals surface area contributed by atoms with E-state index < -0.39 is 90.1 Å². The predicted octanol–water partition coefficient (Wildman–Crippen LogP) is 8.65. The summed E-state index contributed by atoms with van der Waals surface area (Å²) in [7, 11) is -22.2. The van der Waals surface area contributed by atoms with Crippen LogP contribution in [0.1, 0.15) is 0 Å². The predicted molar refractivity (Wildman–Crippen MR) is 186 cm³/mol. The largest absolute Gasteiger partial charge is 0.455 e. The lowest BCUT2D eigenvalue weighted by Gasteiger charge is -2.37. The molecule has 11 nitrogen and oxygen atoms in total. The topological polar surface area (TPSA) is 125 Å². The van der Waals surface area contributed by atoms with Crippen LogP contribution >= 0.6 is 15.6 Å². The summed E-state index contributed by atoms with van der Waals surface area (Å²) in [6, 6.07) is 0. The molecule has 0 heterocycles. The minimum atomic E-state index is -4.05. The second-order valence-electron chi connectivity index (χ2n) is 16.2. The van der Waals surface area contributed by atoms with E-state index in [0.29, 0.717) is 0 Å². The molecule has 19 heteroatoms. The monoisotopic (exact) mass is 742 g/mol. The molecule has 0 aliphatic heterocycles. The number of hydrogen-bond acceptors (Lipinski definition) is 11. The molecule has 0 bridgehead atoms. The SMILES string of the molecule is C[Si](C)(C)OC(COP(=O)(O[Si](C)(C)C)O[Si](C)(C)C)C(O[Si](C)(C)C)C(=O)COP(=O)(O[Si](C)(C)C)O[Si](C)(C)C. The van der Waals surface area contributed by atoms with E-state index in [-0.39, 0.29) is 6.61 Å². The molecule has 0 rings (SSSR count). The molecule has 0 aromatic rings. The van der Waals surface area contributed by atoms with Crippen LogP contribution in [0.25, 0.3) is 0 Å². The summed E-state index contributed by atoms with van der Waals surface area (Å²) >= 11 is 0. The number of carbonyl (C=O) groups excluding carboxylic acids is 1. The van der Waals surface area contributed by atoms with E-state index in [1.165, 1.54) is 0 Å². The van der Waals surface area contributed by atoms with Gasteiger partial charge in [0, 0.05) is 0 Å². The number of carbonyl (C=O) groups is 1. The van der Waals surface area contributed by atoms with Gasteiger partial charge in [-0.25, -0.2) is 9.13 Å². The Balaban J connectivity index is 6.45. The normalized spacial score (nSPS) is 16.4. The Bertz CT molecular complexity index is 934. The summed E-state index contributed by atoms with van der Waals surface area (Å²) < 4.78 is 75.5. The van der Waals surface area contributed by atoms with Crippen molar-refractivity contribution in [3.63, 3.8) is 0 Å². The lowest BCUT2D eigenvalue weighted by Crippen LogP contribution is -2.51. The molecular weight excluding hydrogens is 683 g/mol. The van der Waals surface area contributed by atoms with Crippen LogP contribution in [-0.2, 0) is 48.7 Å². The first-order chi connectivity index (χ1) is 18.1. The van der Waals surface area contributed by atoms with Gasteiger partial charge in [0.15, 0.2) is 55.7 Å². The molecule has 0 amide bonds. The third-order valence-electron chi connectivity index (χ3n) is 3.94. The Morgan fingerprint density at radius 3 is 1.10 bits per heavy atom. The van der Waals surface area contributed by atoms with Crippen molar-refractivity contribution in [2.24, 2.45) is 0 Å². The number of rotatable bonds is 20. The summed E-state index contributed by atoms with van der Waals surface area (Å²) in [5, 5.41) is 0. The standard InChI is InChI=1S/C23H60O11P2Si6/c1-37(2,3)29-22(20-28-36(26,33-41(13,14)15)34-42(16,17)18)23(30-38(4,5)6)21(24)19-27-35(25,31-39(7,8)9)32-40(10,11)12/h22-23H,19-20H2,1-18H3. The number of Topliss-reactive ketones (excluding diaryl/α,β-unsaturated/α-hetero) is 1. The first-order valence-corrected chi connectivity index (χ1v) is 37.7. The van der Waals surface area contributed by atoms with Gasteiger partial charge in [-0.05, 0) is 118 Å². The van der Waals surface area contributed by atoms with Crippen molar-refractivity contribution >= 4 is 71.3 Å². The molecule has 0 N–H and O–H groups in total. The van der Waals surface area contributed by atoms with E-state index in [0.717, 1.165) is 0 Å². The van der Waals surface area contributed by atoms with Gasteiger partial charge < -0.3 is 25.7 Å². The zero-order valence-electron chi connectivity index (χ0n) is 29.5. The summed E-state index contributed by atoms with van der Waals surface area (Å²) in [4.78, 5) is 13.8. The van der Waals surface area contributed by atoms with Crippen LogP contribution in [0, 0.1) is 0 Å². The Hall–Kier alpha value is 1.11. The molecule has 0 aliphatic carbocycles. The minimum absolute atomic E-state index is 0.272. The summed E-state index contributed by atoms with van der Waals surface area (Å²) in [5.41, 5.74) is 0. The molecule has 0 fully saturated rings. The second-order valence-corrected chi connectivity index (χ2v) is 47.2. The Kier molecular flexibility index (Phi) is 15.7. The van der Waals surface area contributed by atoms with Crippen molar-refractivity contribution < 1.29 is 48.7 Å². The summed E-state index contributed by atoms with van der Waals surface area (Å²) in [6.45, 7) is 33.5. The molecule has 0 aromatic heterocycles. The maximum Gasteiger partial charge on any atom is 0.455 e. The third-order valence-corrected chi connectivity index (χ3v) is 19.2. The maximum atomic E-state index is 13.9. The molecule has 2 unspecified atom stereocenters. The molecular formula is C23H60O11P2Si6. The first-order valence-electron chi connectivity index (χ1n) is 14.3. The van der Waals surface area contributed by atoms with Gasteiger partial charge in [-0.2, -0.15) is 0 Å². The summed E-state index contributed by atoms with van der Waals surface area (Å²) in [6.07, 6.45) is -2.10. The van der Waals surface area contributed by atoms with E-state index in [1.807, 2.05) is 118 Å². The highest BCUT2D eigenvalue weighted by molar-refractivity contribution is 7.52. The number of hydrogen-bond donors (Lipinski definition) is 0. The fourth-order valence-electron chi connectivity index (χ4n) is 3.24. The van der Waals surface area contributed by atoms with Gasteiger partial charge in [-0.3, -0.25) is 13.8 Å². The molecule has 0 spiro atoms. The lowest BCUT2D eigenvalue weighted by atomic mass is 10.1. The highest BCUT2D eigenvalue weighted by Crippen LogP contribution is 2.55. The van der Waals surface area contributed by atoms with E-state index in [9.17, 15) is 13.9 Å². The van der Waals surface area contributed by atoms with Crippen LogP contribution in [0.3, 0.4) is 0 Å². The van der Waals surface area contributed by atoms with Crippen LogP contribution in [-0.4, -0.2) is 81.1 Å². The van der Waals surface area contributed by atoms with Crippen molar-refractivity contribution in [1.29, 1.82) is 0 Å². The van der Waals surface area contributed by atoms with Crippen LogP contribution in [0.15, 0.2) is 0 Å². The molecule has 0 radical (unpaired) electrons. The van der Waals surface area contributed by atoms with Crippen molar-refractivity contribution in [3.8, 4) is 0 Å². The maximum absolute atomic E-state index is 13.9.